The highest BCUT2D eigenvalue weighted by Crippen LogP contribution is 2.44. The lowest BCUT2D eigenvalue weighted by atomic mass is 9.98. The molecule has 0 aliphatic rings. The van der Waals surface area contributed by atoms with Crippen LogP contribution >= 0.6 is 159 Å². The predicted octanol–water partition coefficient (Wildman–Crippen LogP) is 32.8. The second-order valence-corrected chi connectivity index (χ2v) is 35.0. The van der Waals surface area contributed by atoms with Crippen molar-refractivity contribution in [3.63, 3.8) is 0 Å². The van der Waals surface area contributed by atoms with Crippen LogP contribution in [-0.4, -0.2) is 28.9 Å². The third-order valence-corrected chi connectivity index (χ3v) is 26.4. The van der Waals surface area contributed by atoms with E-state index in [1.807, 2.05) is 34.6 Å². The van der Waals surface area contributed by atoms with E-state index in [-0.39, 0.29) is 148 Å². The molecule has 15 rings (SSSR count). The Labute approximate surface area is 764 Å². The zero-order chi connectivity index (χ0) is 94.2. The number of carbonyl (C=O) groups is 5. The zero-order valence-electron chi connectivity index (χ0n) is 72.3. The average molecular weight is 2250 g/mol. The number of para-hydroxylation sites is 5. The van der Waals surface area contributed by atoms with E-state index in [1.54, 1.807) is 72.8 Å². The van der Waals surface area contributed by atoms with Gasteiger partial charge in [0.1, 0.15) is 45.2 Å². The first-order valence-electron chi connectivity index (χ1n) is 39.5. The van der Waals surface area contributed by atoms with Crippen molar-refractivity contribution in [2.24, 2.45) is 0 Å². The van der Waals surface area contributed by atoms with Gasteiger partial charge in [-0.1, -0.05) is 250 Å². The van der Waals surface area contributed by atoms with Gasteiger partial charge >= 0.3 is 11.8 Å². The molecule has 0 radical (unpaired) electrons. The van der Waals surface area contributed by atoms with E-state index in [4.69, 9.17) is 35.8 Å². The van der Waals surface area contributed by atoms with Crippen LogP contribution in [0.4, 0.5) is 30.7 Å². The molecule has 27 heteroatoms. The fourth-order valence-electron chi connectivity index (χ4n) is 11.9. The van der Waals surface area contributed by atoms with Crippen LogP contribution in [0.25, 0.3) is 54.8 Å². The van der Waals surface area contributed by atoms with Crippen molar-refractivity contribution < 1.29 is 90.5 Å². The Balaban J connectivity index is 0.000000154. The van der Waals surface area contributed by atoms with Gasteiger partial charge in [0.25, 0.3) is 0 Å². The maximum Gasteiger partial charge on any atom is 0.302 e. The number of ketones is 5. The molecule has 0 spiro atoms. The van der Waals surface area contributed by atoms with Gasteiger partial charge in [-0.2, -0.15) is 17.6 Å². The summed E-state index contributed by atoms with van der Waals surface area (Å²) < 4.78 is 211. The summed E-state index contributed by atoms with van der Waals surface area (Å²) >= 11 is 33.8. The molecule has 0 amide bonds. The quantitative estimate of drug-likeness (QED) is 0.0716. The van der Waals surface area contributed by atoms with E-state index >= 15 is 0 Å². The minimum atomic E-state index is -3.42. The van der Waals surface area contributed by atoms with Crippen molar-refractivity contribution >= 4 is 243 Å². The van der Waals surface area contributed by atoms with Crippen LogP contribution in [0, 0.1) is 34.6 Å². The monoisotopic (exact) mass is 2240 g/mol. The van der Waals surface area contributed by atoms with Gasteiger partial charge in [0.2, 0.25) is 0 Å². The van der Waals surface area contributed by atoms with Crippen LogP contribution in [0.15, 0.2) is 249 Å². The number of fused-ring (bicyclic) bond motifs is 5. The molecule has 10 aromatic carbocycles. The molecule has 10 nitrogen and oxygen atoms in total. The third kappa shape index (κ3) is 19.5. The molecule has 602 valence electrons. The number of hydrogen-bond donors (Lipinski definition) is 0. The Morgan fingerprint density at radius 1 is 0.308 bits per heavy atom. The van der Waals surface area contributed by atoms with Gasteiger partial charge in [-0.15, -0.1) is 0 Å². The van der Waals surface area contributed by atoms with Crippen LogP contribution in [0.5, 0.6) is 0 Å². The molecule has 15 aromatic rings. The fourth-order valence-corrected chi connectivity index (χ4v) is 17.8. The molecule has 5 heterocycles. The Kier molecular flexibility index (Phi) is 24.5. The van der Waals surface area contributed by atoms with Gasteiger partial charge < -0.3 is 22.1 Å². The minimum Gasteiger partial charge on any atom is -0.457 e. The number of rotatable bonds is 15. The maximum atomic E-state index is 14.2. The largest absolute Gasteiger partial charge is 0.457 e. The molecule has 0 bridgehead atoms. The molecule has 0 aliphatic heterocycles. The molecule has 3 atom stereocenters. The highest BCUT2D eigenvalue weighted by Gasteiger charge is 2.39. The molecule has 3 unspecified atom stereocenters. The van der Waals surface area contributed by atoms with Gasteiger partial charge in [0, 0.05) is 113 Å². The van der Waals surface area contributed by atoms with E-state index in [1.165, 1.54) is 69.3 Å². The molecule has 0 saturated heterocycles. The van der Waals surface area contributed by atoms with Crippen LogP contribution in [-0.2, 0) is 11.8 Å². The van der Waals surface area contributed by atoms with E-state index in [2.05, 4.69) is 159 Å². The van der Waals surface area contributed by atoms with Crippen LogP contribution < -0.4 is 0 Å². The standard InChI is InChI=1S/2C18H12Br2F2O2.3C18H13Br2FO2/c2*1-9-12(19)7-10(8-13(9)20)16(23)15-11-5-3-4-6-14(11)24-17(15)18(2,21)22;3*1-9-13(19)7-11(8-14(9)20)17(22)16-12-5-3-4-6-15(12)23-18(16)10(2)21/h2*3-8H,1-2H3;3*3-8,10H,1-2H3/i4D,5D;4D;3D,4D,5D,6D;3D,6D;3D. The smallest absolute Gasteiger partial charge is 0.302 e. The number of benzene rings is 10. The summed E-state index contributed by atoms with van der Waals surface area (Å²) in [7, 11) is 0. The minimum absolute atomic E-state index is 0.00609. The van der Waals surface area contributed by atoms with Crippen molar-refractivity contribution in [2.45, 2.75) is 99.6 Å². The van der Waals surface area contributed by atoms with Crippen molar-refractivity contribution in [1.82, 2.24) is 0 Å². The van der Waals surface area contributed by atoms with Crippen molar-refractivity contribution in [3.8, 4) is 0 Å². The van der Waals surface area contributed by atoms with Crippen LogP contribution in [0.3, 0.4) is 0 Å². The van der Waals surface area contributed by atoms with E-state index in [9.17, 15) is 54.7 Å². The summed E-state index contributed by atoms with van der Waals surface area (Å²) in [6, 6.07) is 28.4. The molecule has 117 heavy (non-hydrogen) atoms. The first kappa shape index (κ1) is 76.9. The summed E-state index contributed by atoms with van der Waals surface area (Å²) in [5.74, 6) is -11.2. The van der Waals surface area contributed by atoms with Gasteiger partial charge in [0.05, 0.1) is 41.5 Å². The highest BCUT2D eigenvalue weighted by atomic mass is 79.9. The topological polar surface area (TPSA) is 151 Å². The third-order valence-electron chi connectivity index (χ3n) is 18.1. The second kappa shape index (κ2) is 37.3. The fraction of sp³-hybridized carbons (Fsp3) is 0.167. The maximum absolute atomic E-state index is 14.2. The molecular formula is C90H63Br10F7O10. The Morgan fingerprint density at radius 3 is 0.923 bits per heavy atom. The lowest BCUT2D eigenvalue weighted by molar-refractivity contribution is -0.00508. The molecule has 0 saturated carbocycles. The molecule has 0 fully saturated rings. The van der Waals surface area contributed by atoms with Gasteiger partial charge in [-0.05, 0) is 174 Å². The SMILES string of the molecule is [2H]c1c([2H])c([2H])c2c(C(=O)c3cc(Br)c(C)c(Br)c3)c(C(C)F)oc2c1[2H].[2H]c1cc([2H])c2c(C(=O)c3cc(Br)c(C)c(Br)c3)c(C(C)(F)F)oc2c1.[2H]c1cc([2H])c2oc(C(C)F)c(C(=O)c3cc(Br)c(C)c(Br)c3)c2c1.[2H]c1ccc2c(C(=O)c3cc(Br)c(C)c(Br)c3)c(C(C)(F)F)oc2c1.[2H]c1ccc2oc(C(C)F)c(C(=O)c3cc(Br)c(C)c(Br)c3)c2c1. The Morgan fingerprint density at radius 2 is 0.556 bits per heavy atom. The summed E-state index contributed by atoms with van der Waals surface area (Å²) in [4.78, 5) is 65.4. The average Bonchev–Trinajstić information content (AvgIpc) is 1.60. The van der Waals surface area contributed by atoms with Gasteiger partial charge in [-0.3, -0.25) is 24.0 Å². The van der Waals surface area contributed by atoms with Crippen molar-refractivity contribution in [2.75, 3.05) is 0 Å². The summed E-state index contributed by atoms with van der Waals surface area (Å²) in [5, 5.41) is 0.883. The van der Waals surface area contributed by atoms with E-state index in [0.29, 0.717) is 62.8 Å². The number of furan rings is 5. The zero-order valence-corrected chi connectivity index (χ0v) is 78.1. The number of alkyl halides is 7. The summed E-state index contributed by atoms with van der Waals surface area (Å²) in [6.45, 7) is 14.5. The van der Waals surface area contributed by atoms with Gasteiger partial charge in [0.15, 0.2) is 59.0 Å². The van der Waals surface area contributed by atoms with Crippen LogP contribution in [0.2, 0.25) is 0 Å². The Hall–Kier alpha value is -7.44. The molecular weight excluding hydrogens is 2170 g/mol. The predicted molar refractivity (Wildman–Crippen MR) is 479 cm³/mol. The summed E-state index contributed by atoms with van der Waals surface area (Å²) in [6.07, 6.45) is -4.61. The number of hydrogen-bond acceptors (Lipinski definition) is 10. The molecule has 0 N–H and O–H groups in total. The van der Waals surface area contributed by atoms with E-state index < -0.39 is 89.2 Å². The number of halogens is 17. The Bertz CT molecular complexity index is 6960. The van der Waals surface area contributed by atoms with E-state index in [0.717, 1.165) is 45.7 Å². The first-order valence-corrected chi connectivity index (χ1v) is 42.4. The van der Waals surface area contributed by atoms with Crippen molar-refractivity contribution in [3.05, 3.63) is 339 Å². The van der Waals surface area contributed by atoms with Gasteiger partial charge in [-0.25, -0.2) is 13.2 Å². The molecule has 5 aromatic heterocycles. The number of carbonyl (C=O) groups excluding carboxylic acids is 5. The highest BCUT2D eigenvalue weighted by molar-refractivity contribution is 9.12. The lowest BCUT2D eigenvalue weighted by Crippen LogP contribution is -2.13. The lowest BCUT2D eigenvalue weighted by Gasteiger charge is -2.10. The van der Waals surface area contributed by atoms with Crippen LogP contribution in [0.1, 0.15) is 203 Å². The second-order valence-electron chi connectivity index (χ2n) is 26.5. The first-order chi connectivity index (χ1) is 59.1. The normalized spacial score (nSPS) is 13.5. The summed E-state index contributed by atoms with van der Waals surface area (Å²) in [5.41, 5.74) is 5.83. The van der Waals surface area contributed by atoms with Crippen molar-refractivity contribution in [1.29, 1.82) is 0 Å². The molecule has 0 aliphatic carbocycles.